The minimum Gasteiger partial charge on any atom is -0.413 e. The number of benzene rings is 1. The molecule has 0 spiro atoms. The maximum absolute atomic E-state index is 13.9. The first-order chi connectivity index (χ1) is 14.1. The maximum atomic E-state index is 13.9. The van der Waals surface area contributed by atoms with Crippen LogP contribution in [-0.2, 0) is 22.0 Å². The van der Waals surface area contributed by atoms with Crippen molar-refractivity contribution in [1.29, 1.82) is 0 Å². The monoisotopic (exact) mass is 468 g/mol. The smallest absolute Gasteiger partial charge is 0.192 e. The van der Waals surface area contributed by atoms with Crippen molar-refractivity contribution in [2.45, 2.75) is 77.1 Å². The Balaban J connectivity index is 2.29. The molecule has 0 saturated heterocycles. The molecule has 2 aromatic rings. The van der Waals surface area contributed by atoms with E-state index in [1.54, 1.807) is 6.20 Å². The van der Waals surface area contributed by atoms with Crippen LogP contribution in [0.15, 0.2) is 36.5 Å². The zero-order valence-electron chi connectivity index (χ0n) is 19.7. The molecule has 0 bridgehead atoms. The first kappa shape index (κ1) is 25.8. The molecule has 4 nitrogen and oxygen atoms in total. The fraction of sp³-hybridized carbons (Fsp3) is 0.522. The van der Waals surface area contributed by atoms with Crippen molar-refractivity contribution >= 4 is 19.3 Å². The van der Waals surface area contributed by atoms with Gasteiger partial charge in [-0.3, -0.25) is 4.98 Å². The topological polar surface area (TPSA) is 51.2 Å². The molecule has 0 aliphatic rings. The van der Waals surface area contributed by atoms with E-state index >= 15 is 0 Å². The summed E-state index contributed by atoms with van der Waals surface area (Å²) in [4.78, 5) is 4.53. The summed E-state index contributed by atoms with van der Waals surface area (Å²) in [5.74, 6) is -1.88. The molecule has 0 aliphatic heterocycles. The molecule has 1 heterocycles. The minimum atomic E-state index is -1.89. The molecule has 2 atom stereocenters. The van der Waals surface area contributed by atoms with Gasteiger partial charge in [0.1, 0.15) is 0 Å². The quantitative estimate of drug-likeness (QED) is 0.505. The average Bonchev–Trinajstić information content (AvgIpc) is 2.65. The predicted molar refractivity (Wildman–Crippen MR) is 125 cm³/mol. The molecule has 0 saturated carbocycles. The van der Waals surface area contributed by atoms with Gasteiger partial charge in [-0.2, -0.15) is 0 Å². The standard InChI is InChI=1S/C23H34F2N2O2SSi/c1-22(2,3)30(28)27-21(17-10-11-18(24)19(25)13-17)20-12-9-16(14-26-20)15-29-31(7,8)23(4,5)6/h9-14,21,27H,15H2,1-8H3/t21-,30+/m0/s1. The van der Waals surface area contributed by atoms with Crippen molar-refractivity contribution in [1.82, 2.24) is 9.71 Å². The highest BCUT2D eigenvalue weighted by Gasteiger charge is 2.37. The highest BCUT2D eigenvalue weighted by molar-refractivity contribution is 7.84. The number of nitrogens with one attached hydrogen (secondary N) is 1. The zero-order chi connectivity index (χ0) is 23.6. The highest BCUT2D eigenvalue weighted by Crippen LogP contribution is 2.37. The second-order valence-corrected chi connectivity index (χ2v) is 17.1. The van der Waals surface area contributed by atoms with Gasteiger partial charge in [-0.15, -0.1) is 0 Å². The number of nitrogens with zero attached hydrogens (tertiary/aromatic N) is 1. The Morgan fingerprint density at radius 2 is 1.71 bits per heavy atom. The summed E-state index contributed by atoms with van der Waals surface area (Å²) in [6.45, 7) is 16.9. The van der Waals surface area contributed by atoms with Crippen molar-refractivity contribution in [2.75, 3.05) is 0 Å². The van der Waals surface area contributed by atoms with Gasteiger partial charge in [0.2, 0.25) is 0 Å². The highest BCUT2D eigenvalue weighted by atomic mass is 32.2. The molecule has 0 radical (unpaired) electrons. The van der Waals surface area contributed by atoms with Crippen LogP contribution in [0.25, 0.3) is 0 Å². The summed E-state index contributed by atoms with van der Waals surface area (Å²) in [6.07, 6.45) is 1.72. The third kappa shape index (κ3) is 6.75. The van der Waals surface area contributed by atoms with Crippen LogP contribution in [0.3, 0.4) is 0 Å². The molecule has 1 aromatic carbocycles. The van der Waals surface area contributed by atoms with Crippen LogP contribution in [0.5, 0.6) is 0 Å². The Morgan fingerprint density at radius 1 is 1.06 bits per heavy atom. The number of halogens is 2. The second-order valence-electron chi connectivity index (χ2n) is 10.2. The molecule has 31 heavy (non-hydrogen) atoms. The van der Waals surface area contributed by atoms with E-state index in [0.29, 0.717) is 17.9 Å². The molecule has 8 heteroatoms. The maximum Gasteiger partial charge on any atom is 0.192 e. The van der Waals surface area contributed by atoms with Crippen LogP contribution in [0.4, 0.5) is 8.78 Å². The third-order valence-electron chi connectivity index (χ3n) is 5.61. The van der Waals surface area contributed by atoms with Crippen LogP contribution in [0.2, 0.25) is 18.1 Å². The van der Waals surface area contributed by atoms with Gasteiger partial charge in [0, 0.05) is 6.20 Å². The van der Waals surface area contributed by atoms with Gasteiger partial charge in [-0.05, 0) is 68.2 Å². The second kappa shape index (κ2) is 9.56. The molecule has 1 aromatic heterocycles. The lowest BCUT2D eigenvalue weighted by Crippen LogP contribution is -2.40. The van der Waals surface area contributed by atoms with Crippen molar-refractivity contribution in [3.05, 3.63) is 65.0 Å². The summed E-state index contributed by atoms with van der Waals surface area (Å²) in [5, 5.41) is 0.110. The number of hydrogen-bond donors (Lipinski definition) is 1. The van der Waals surface area contributed by atoms with Gasteiger partial charge < -0.3 is 4.43 Å². The molecule has 2 rings (SSSR count). The lowest BCUT2D eigenvalue weighted by molar-refractivity contribution is 0.276. The van der Waals surface area contributed by atoms with Crippen LogP contribution in [0, 0.1) is 11.6 Å². The fourth-order valence-corrected chi connectivity index (χ4v) is 4.23. The Morgan fingerprint density at radius 3 is 2.19 bits per heavy atom. The number of hydrogen-bond acceptors (Lipinski definition) is 3. The summed E-state index contributed by atoms with van der Waals surface area (Å²) < 4.78 is 48.8. The van der Waals surface area contributed by atoms with Crippen molar-refractivity contribution in [3.63, 3.8) is 0 Å². The van der Waals surface area contributed by atoms with Crippen LogP contribution in [-0.4, -0.2) is 22.3 Å². The van der Waals surface area contributed by atoms with Gasteiger partial charge in [-0.25, -0.2) is 17.7 Å². The summed E-state index contributed by atoms with van der Waals surface area (Å²) in [5.41, 5.74) is 1.95. The van der Waals surface area contributed by atoms with E-state index in [-0.39, 0.29) is 5.04 Å². The zero-order valence-corrected chi connectivity index (χ0v) is 21.5. The predicted octanol–water partition coefficient (Wildman–Crippen LogP) is 6.02. The molecule has 0 fully saturated rings. The molecule has 0 amide bonds. The van der Waals surface area contributed by atoms with Crippen LogP contribution >= 0.6 is 0 Å². The first-order valence-corrected chi connectivity index (χ1v) is 14.4. The van der Waals surface area contributed by atoms with Crippen molar-refractivity contribution in [2.24, 2.45) is 0 Å². The lowest BCUT2D eigenvalue weighted by atomic mass is 10.0. The normalized spacial score (nSPS) is 15.0. The third-order valence-corrected chi connectivity index (χ3v) is 11.6. The van der Waals surface area contributed by atoms with Gasteiger partial charge >= 0.3 is 0 Å². The summed E-state index contributed by atoms with van der Waals surface area (Å²) in [7, 11) is -3.32. The van der Waals surface area contributed by atoms with E-state index in [4.69, 9.17) is 4.43 Å². The average molecular weight is 469 g/mol. The minimum absolute atomic E-state index is 0.110. The van der Waals surface area contributed by atoms with Crippen LogP contribution < -0.4 is 4.72 Å². The number of pyridine rings is 1. The Bertz CT molecular complexity index is 923. The SMILES string of the molecule is CC(C)(C)[S@@](=O)N[C@@H](c1ccc(F)c(F)c1)c1ccc(CO[Si](C)(C)C(C)(C)C)cn1. The number of rotatable bonds is 7. The van der Waals surface area contributed by atoms with E-state index in [1.165, 1.54) is 6.07 Å². The molecule has 0 unspecified atom stereocenters. The molecule has 1 N–H and O–H groups in total. The Hall–Kier alpha value is -1.48. The summed E-state index contributed by atoms with van der Waals surface area (Å²) >= 11 is 0. The van der Waals surface area contributed by atoms with E-state index in [0.717, 1.165) is 17.7 Å². The number of aromatic nitrogens is 1. The van der Waals surface area contributed by atoms with Gasteiger partial charge in [-0.1, -0.05) is 32.9 Å². The van der Waals surface area contributed by atoms with Crippen molar-refractivity contribution in [3.8, 4) is 0 Å². The molecular weight excluding hydrogens is 434 g/mol. The van der Waals surface area contributed by atoms with E-state index < -0.39 is 41.7 Å². The van der Waals surface area contributed by atoms with Gasteiger partial charge in [0.25, 0.3) is 0 Å². The van der Waals surface area contributed by atoms with E-state index in [1.807, 2.05) is 32.9 Å². The Labute approximate surface area is 188 Å². The van der Waals surface area contributed by atoms with Gasteiger partial charge in [0.05, 0.1) is 34.1 Å². The van der Waals surface area contributed by atoms with Crippen LogP contribution in [0.1, 0.15) is 64.4 Å². The lowest BCUT2D eigenvalue weighted by Gasteiger charge is -2.36. The van der Waals surface area contributed by atoms with E-state index in [2.05, 4.69) is 43.6 Å². The summed E-state index contributed by atoms with van der Waals surface area (Å²) in [6, 6.07) is 6.73. The molecular formula is C23H34F2N2O2SSi. The largest absolute Gasteiger partial charge is 0.413 e. The fourth-order valence-electron chi connectivity index (χ4n) is 2.45. The first-order valence-electron chi connectivity index (χ1n) is 10.3. The Kier molecular flexibility index (Phi) is 7.95. The van der Waals surface area contributed by atoms with Crippen molar-refractivity contribution < 1.29 is 17.4 Å². The van der Waals surface area contributed by atoms with E-state index in [9.17, 15) is 13.0 Å². The molecule has 172 valence electrons. The molecule has 0 aliphatic carbocycles. The van der Waals surface area contributed by atoms with Gasteiger partial charge in [0.15, 0.2) is 20.0 Å².